The summed E-state index contributed by atoms with van der Waals surface area (Å²) in [6.07, 6.45) is 0. The Morgan fingerprint density at radius 1 is 1.29 bits per heavy atom. The number of imidazole rings is 1. The third kappa shape index (κ3) is 2.54. The van der Waals surface area contributed by atoms with Crippen molar-refractivity contribution in [1.82, 2.24) is 9.55 Å². The van der Waals surface area contributed by atoms with Crippen LogP contribution in [-0.2, 0) is 0 Å². The van der Waals surface area contributed by atoms with E-state index in [2.05, 4.69) is 4.98 Å². The van der Waals surface area contributed by atoms with Gasteiger partial charge in [-0.3, -0.25) is 4.57 Å². The van der Waals surface area contributed by atoms with Crippen molar-refractivity contribution in [3.05, 3.63) is 52.0 Å². The molecule has 0 atom stereocenters. The number of nitrogens with zero attached hydrogens (tertiary/aromatic N) is 1. The zero-order chi connectivity index (χ0) is 15.0. The molecule has 0 aliphatic carbocycles. The lowest BCUT2D eigenvalue weighted by Gasteiger charge is -2.08. The first-order valence-electron chi connectivity index (χ1n) is 6.43. The highest BCUT2D eigenvalue weighted by Gasteiger charge is 2.10. The number of benzene rings is 2. The predicted octanol–water partition coefficient (Wildman–Crippen LogP) is 4.88. The maximum atomic E-state index is 14.0. The molecule has 0 saturated carbocycles. The van der Waals surface area contributed by atoms with Crippen LogP contribution in [0.5, 0.6) is 5.75 Å². The number of hydrogen-bond acceptors (Lipinski definition) is 2. The van der Waals surface area contributed by atoms with Crippen LogP contribution in [0.25, 0.3) is 16.7 Å². The molecule has 0 radical (unpaired) electrons. The summed E-state index contributed by atoms with van der Waals surface area (Å²) in [6, 6.07) is 10.2. The molecule has 3 nitrogen and oxygen atoms in total. The molecule has 3 rings (SSSR count). The topological polar surface area (TPSA) is 29.9 Å². The highest BCUT2D eigenvalue weighted by atomic mass is 35.5. The van der Waals surface area contributed by atoms with Crippen molar-refractivity contribution in [2.45, 2.75) is 6.92 Å². The number of hydrogen-bond donors (Lipinski definition) is 1. The highest BCUT2D eigenvalue weighted by molar-refractivity contribution is 7.71. The van der Waals surface area contributed by atoms with E-state index in [9.17, 15) is 4.39 Å². The first-order chi connectivity index (χ1) is 10.1. The van der Waals surface area contributed by atoms with Gasteiger partial charge in [-0.15, -0.1) is 0 Å². The molecule has 0 unspecified atom stereocenters. The van der Waals surface area contributed by atoms with Crippen LogP contribution < -0.4 is 4.74 Å². The Morgan fingerprint density at radius 2 is 2.10 bits per heavy atom. The standard InChI is InChI=1S/C15H12ClFN2OS/c1-2-20-14-6-4-10(8-11(14)17)19-13-7-9(16)3-5-12(13)18-15(19)21/h3-8H,2H2,1H3,(H,18,21). The van der Waals surface area contributed by atoms with Crippen molar-refractivity contribution in [3.63, 3.8) is 0 Å². The molecular weight excluding hydrogens is 311 g/mol. The molecule has 1 N–H and O–H groups in total. The molecule has 0 fully saturated rings. The maximum Gasteiger partial charge on any atom is 0.182 e. The van der Waals surface area contributed by atoms with E-state index in [0.717, 1.165) is 11.0 Å². The molecule has 0 amide bonds. The number of H-pyrrole nitrogens is 1. The quantitative estimate of drug-likeness (QED) is 0.696. The summed E-state index contributed by atoms with van der Waals surface area (Å²) in [4.78, 5) is 3.08. The molecule has 0 aliphatic heterocycles. The number of nitrogens with one attached hydrogen (secondary N) is 1. The lowest BCUT2D eigenvalue weighted by atomic mass is 10.2. The SMILES string of the molecule is CCOc1ccc(-n2c(=S)[nH]c3ccc(Cl)cc32)cc1F. The van der Waals surface area contributed by atoms with Gasteiger partial charge < -0.3 is 9.72 Å². The minimum absolute atomic E-state index is 0.227. The van der Waals surface area contributed by atoms with Crippen LogP contribution in [0.4, 0.5) is 4.39 Å². The Hall–Kier alpha value is -1.85. The molecule has 0 aliphatic rings. The van der Waals surface area contributed by atoms with Gasteiger partial charge in [0.2, 0.25) is 0 Å². The smallest absolute Gasteiger partial charge is 0.182 e. The molecule has 1 heterocycles. The van der Waals surface area contributed by atoms with Crippen molar-refractivity contribution in [2.24, 2.45) is 0 Å². The monoisotopic (exact) mass is 322 g/mol. The molecule has 3 aromatic rings. The fraction of sp³-hybridized carbons (Fsp3) is 0.133. The van der Waals surface area contributed by atoms with Crippen molar-refractivity contribution in [2.75, 3.05) is 6.61 Å². The number of rotatable bonds is 3. The number of halogens is 2. The van der Waals surface area contributed by atoms with Crippen LogP contribution in [0.1, 0.15) is 6.92 Å². The number of ether oxygens (including phenoxy) is 1. The van der Waals surface area contributed by atoms with Crippen LogP contribution >= 0.6 is 23.8 Å². The Labute approximate surface area is 130 Å². The second kappa shape index (κ2) is 5.50. The summed E-state index contributed by atoms with van der Waals surface area (Å²) < 4.78 is 21.5. The van der Waals surface area contributed by atoms with Gasteiger partial charge in [0.1, 0.15) is 0 Å². The molecule has 6 heteroatoms. The van der Waals surface area contributed by atoms with Gasteiger partial charge in [0.25, 0.3) is 0 Å². The number of aromatic nitrogens is 2. The molecule has 0 spiro atoms. The third-order valence-corrected chi connectivity index (χ3v) is 3.64. The minimum Gasteiger partial charge on any atom is -0.491 e. The van der Waals surface area contributed by atoms with Gasteiger partial charge in [-0.2, -0.15) is 0 Å². The average molecular weight is 323 g/mol. The Bertz CT molecular complexity index is 872. The zero-order valence-corrected chi connectivity index (χ0v) is 12.8. The zero-order valence-electron chi connectivity index (χ0n) is 11.2. The summed E-state index contributed by atoms with van der Waals surface area (Å²) in [7, 11) is 0. The lowest BCUT2D eigenvalue weighted by Crippen LogP contribution is -1.98. The van der Waals surface area contributed by atoms with E-state index in [1.54, 1.807) is 28.8 Å². The molecule has 0 saturated heterocycles. The van der Waals surface area contributed by atoms with E-state index in [1.807, 2.05) is 13.0 Å². The molecule has 21 heavy (non-hydrogen) atoms. The molecule has 0 bridgehead atoms. The van der Waals surface area contributed by atoms with Crippen molar-refractivity contribution in [1.29, 1.82) is 0 Å². The Balaban J connectivity index is 2.20. The van der Waals surface area contributed by atoms with E-state index in [1.165, 1.54) is 6.07 Å². The largest absolute Gasteiger partial charge is 0.491 e. The lowest BCUT2D eigenvalue weighted by molar-refractivity contribution is 0.321. The minimum atomic E-state index is -0.423. The van der Waals surface area contributed by atoms with E-state index in [0.29, 0.717) is 22.1 Å². The van der Waals surface area contributed by atoms with Crippen LogP contribution in [0.3, 0.4) is 0 Å². The molecular formula is C15H12ClFN2OS. The Kier molecular flexibility index (Phi) is 3.69. The van der Waals surface area contributed by atoms with Crippen molar-refractivity contribution < 1.29 is 9.13 Å². The van der Waals surface area contributed by atoms with Crippen LogP contribution in [0.2, 0.25) is 5.02 Å². The normalized spacial score (nSPS) is 11.0. The van der Waals surface area contributed by atoms with Gasteiger partial charge in [0.15, 0.2) is 16.3 Å². The van der Waals surface area contributed by atoms with Crippen LogP contribution in [0.15, 0.2) is 36.4 Å². The first-order valence-corrected chi connectivity index (χ1v) is 7.22. The van der Waals surface area contributed by atoms with Gasteiger partial charge in [-0.1, -0.05) is 11.6 Å². The Morgan fingerprint density at radius 3 is 2.81 bits per heavy atom. The van der Waals surface area contributed by atoms with Gasteiger partial charge in [0.05, 0.1) is 23.3 Å². The fourth-order valence-electron chi connectivity index (χ4n) is 2.23. The second-order valence-electron chi connectivity index (χ2n) is 4.47. The van der Waals surface area contributed by atoms with E-state index in [4.69, 9.17) is 28.6 Å². The summed E-state index contributed by atoms with van der Waals surface area (Å²) in [6.45, 7) is 2.23. The number of fused-ring (bicyclic) bond motifs is 1. The van der Waals surface area contributed by atoms with Gasteiger partial charge in [-0.25, -0.2) is 4.39 Å². The molecule has 2 aromatic carbocycles. The predicted molar refractivity (Wildman–Crippen MR) is 84.6 cm³/mol. The fourth-order valence-corrected chi connectivity index (χ4v) is 2.71. The second-order valence-corrected chi connectivity index (χ2v) is 5.30. The van der Waals surface area contributed by atoms with Crippen molar-refractivity contribution in [3.8, 4) is 11.4 Å². The summed E-state index contributed by atoms with van der Waals surface area (Å²) in [5.74, 6) is -0.196. The average Bonchev–Trinajstić information content (AvgIpc) is 2.76. The summed E-state index contributed by atoms with van der Waals surface area (Å²) in [5, 5.41) is 0.594. The van der Waals surface area contributed by atoms with Crippen LogP contribution in [0, 0.1) is 10.6 Å². The third-order valence-electron chi connectivity index (χ3n) is 3.12. The molecule has 108 valence electrons. The highest BCUT2D eigenvalue weighted by Crippen LogP contribution is 2.26. The summed E-state index contributed by atoms with van der Waals surface area (Å²) >= 11 is 11.3. The van der Waals surface area contributed by atoms with E-state index < -0.39 is 5.82 Å². The summed E-state index contributed by atoms with van der Waals surface area (Å²) in [5.41, 5.74) is 2.27. The van der Waals surface area contributed by atoms with E-state index in [-0.39, 0.29) is 5.75 Å². The number of aromatic amines is 1. The van der Waals surface area contributed by atoms with Gasteiger partial charge in [-0.05, 0) is 49.5 Å². The van der Waals surface area contributed by atoms with Crippen LogP contribution in [-0.4, -0.2) is 16.2 Å². The van der Waals surface area contributed by atoms with Gasteiger partial charge >= 0.3 is 0 Å². The van der Waals surface area contributed by atoms with E-state index >= 15 is 0 Å². The van der Waals surface area contributed by atoms with Gasteiger partial charge in [0, 0.05) is 11.1 Å². The molecule has 1 aromatic heterocycles. The van der Waals surface area contributed by atoms with Crippen molar-refractivity contribution >= 4 is 34.9 Å². The first kappa shape index (κ1) is 14.1. The maximum absolute atomic E-state index is 14.0.